The Bertz CT molecular complexity index is 1180. The van der Waals surface area contributed by atoms with Crippen molar-refractivity contribution in [2.45, 2.75) is 45.7 Å². The molecule has 1 aromatic heterocycles. The Morgan fingerprint density at radius 2 is 2.00 bits per heavy atom. The van der Waals surface area contributed by atoms with E-state index in [0.29, 0.717) is 25.8 Å². The normalized spacial score (nSPS) is 28.2. The molecule has 2 aromatic rings. The Morgan fingerprint density at radius 3 is 2.68 bits per heavy atom. The zero-order valence-electron chi connectivity index (χ0n) is 19.1. The van der Waals surface area contributed by atoms with E-state index in [9.17, 15) is 22.4 Å². The summed E-state index contributed by atoms with van der Waals surface area (Å²) in [6.45, 7) is 4.11. The molecule has 0 aliphatic heterocycles. The van der Waals surface area contributed by atoms with Gasteiger partial charge in [-0.2, -0.15) is 18.3 Å². The zero-order chi connectivity index (χ0) is 24.3. The second-order valence-electron chi connectivity index (χ2n) is 9.73. The van der Waals surface area contributed by atoms with Crippen LogP contribution in [-0.4, -0.2) is 28.4 Å². The van der Waals surface area contributed by atoms with Gasteiger partial charge in [0.15, 0.2) is 0 Å². The number of rotatable bonds is 3. The van der Waals surface area contributed by atoms with E-state index in [4.69, 9.17) is 0 Å². The summed E-state index contributed by atoms with van der Waals surface area (Å²) in [5.74, 6) is -4.04. The second kappa shape index (κ2) is 8.10. The lowest BCUT2D eigenvalue weighted by Gasteiger charge is -2.50. The van der Waals surface area contributed by atoms with Gasteiger partial charge in [-0.1, -0.05) is 24.1 Å². The van der Waals surface area contributed by atoms with Crippen molar-refractivity contribution in [3.05, 3.63) is 64.8 Å². The first-order chi connectivity index (χ1) is 16.1. The van der Waals surface area contributed by atoms with Gasteiger partial charge in [-0.3, -0.25) is 4.79 Å². The quantitative estimate of drug-likeness (QED) is 0.464. The Balaban J connectivity index is 1.54. The van der Waals surface area contributed by atoms with Crippen molar-refractivity contribution in [2.24, 2.45) is 23.2 Å². The highest BCUT2D eigenvalue weighted by atomic mass is 19.4. The molecule has 1 N–H and O–H groups in total. The summed E-state index contributed by atoms with van der Waals surface area (Å²) >= 11 is 0. The molecule has 3 aliphatic rings. The number of amides is 1. The largest absolute Gasteiger partial charge is 0.392 e. The number of carbonyl (C=O) groups is 1. The van der Waals surface area contributed by atoms with Gasteiger partial charge < -0.3 is 5.32 Å². The smallest absolute Gasteiger partial charge is 0.356 e. The lowest BCUT2D eigenvalue weighted by molar-refractivity contribution is -0.197. The number of nitrogens with zero attached hydrogens (tertiary/aromatic N) is 2. The summed E-state index contributed by atoms with van der Waals surface area (Å²) in [5.41, 5.74) is 4.30. The summed E-state index contributed by atoms with van der Waals surface area (Å²) in [4.78, 5) is 12.9. The molecule has 0 spiro atoms. The topological polar surface area (TPSA) is 46.9 Å². The number of benzene rings is 1. The average molecular weight is 474 g/mol. The molecule has 1 saturated carbocycles. The molecule has 0 bridgehead atoms. The van der Waals surface area contributed by atoms with E-state index >= 15 is 0 Å². The van der Waals surface area contributed by atoms with Crippen LogP contribution in [0.2, 0.25) is 0 Å². The monoisotopic (exact) mass is 473 g/mol. The summed E-state index contributed by atoms with van der Waals surface area (Å²) in [6.07, 6.45) is 2.74. The molecule has 1 amide bonds. The van der Waals surface area contributed by atoms with Gasteiger partial charge in [0, 0.05) is 12.0 Å². The average Bonchev–Trinajstić information content (AvgIpc) is 3.18. The highest BCUT2D eigenvalue weighted by Gasteiger charge is 2.56. The van der Waals surface area contributed by atoms with E-state index in [1.807, 2.05) is 0 Å². The number of alkyl halides is 3. The molecule has 34 heavy (non-hydrogen) atoms. The fraction of sp³-hybridized carbons (Fsp3) is 0.462. The number of aromatic nitrogens is 2. The molecule has 5 rings (SSSR count). The summed E-state index contributed by atoms with van der Waals surface area (Å²) in [5, 5.41) is 7.18. The third-order valence-electron chi connectivity index (χ3n) is 7.82. The zero-order valence-corrected chi connectivity index (χ0v) is 19.1. The molecule has 1 heterocycles. The first kappa shape index (κ1) is 22.9. The van der Waals surface area contributed by atoms with Gasteiger partial charge in [0.25, 0.3) is 0 Å². The van der Waals surface area contributed by atoms with Gasteiger partial charge in [0.2, 0.25) is 5.91 Å². The fourth-order valence-corrected chi connectivity index (χ4v) is 6.23. The van der Waals surface area contributed by atoms with Crippen LogP contribution >= 0.6 is 0 Å². The van der Waals surface area contributed by atoms with Crippen LogP contribution < -0.4 is 5.32 Å². The van der Waals surface area contributed by atoms with Crippen LogP contribution in [0.1, 0.15) is 44.4 Å². The Kier molecular flexibility index (Phi) is 5.45. The minimum absolute atomic E-state index is 0.179. The highest BCUT2D eigenvalue weighted by molar-refractivity contribution is 5.80. The van der Waals surface area contributed by atoms with Crippen LogP contribution in [0.5, 0.6) is 0 Å². The summed E-state index contributed by atoms with van der Waals surface area (Å²) in [6, 6.07) is 6.12. The van der Waals surface area contributed by atoms with Gasteiger partial charge in [-0.05, 0) is 74.4 Å². The maximum absolute atomic E-state index is 13.9. The van der Waals surface area contributed by atoms with Crippen molar-refractivity contribution < 1.29 is 22.4 Å². The van der Waals surface area contributed by atoms with Crippen molar-refractivity contribution >= 4 is 12.0 Å². The minimum Gasteiger partial charge on any atom is -0.356 e. The van der Waals surface area contributed by atoms with Crippen molar-refractivity contribution in [1.29, 1.82) is 0 Å². The van der Waals surface area contributed by atoms with Gasteiger partial charge in [-0.15, -0.1) is 0 Å². The second-order valence-corrected chi connectivity index (χ2v) is 9.73. The molecule has 8 heteroatoms. The maximum Gasteiger partial charge on any atom is 0.392 e. The van der Waals surface area contributed by atoms with Crippen molar-refractivity contribution in [2.75, 3.05) is 6.54 Å². The lowest BCUT2D eigenvalue weighted by atomic mass is 9.54. The van der Waals surface area contributed by atoms with E-state index in [1.165, 1.54) is 12.1 Å². The van der Waals surface area contributed by atoms with Gasteiger partial charge in [0.1, 0.15) is 5.82 Å². The SMILES string of the molecule is CCNC(=O)[C@H]1[C@H](C(F)(F)F)CC=C2[C@@H]1CCC1=Cc3c(cnn3-c3ccc(F)cc3)C[C@@]12C. The fourth-order valence-electron chi connectivity index (χ4n) is 6.23. The molecule has 180 valence electrons. The number of halogens is 4. The van der Waals surface area contributed by atoms with E-state index in [1.54, 1.807) is 36.0 Å². The molecular weight excluding hydrogens is 446 g/mol. The molecule has 1 fully saturated rings. The molecule has 0 saturated heterocycles. The summed E-state index contributed by atoms with van der Waals surface area (Å²) in [7, 11) is 0. The van der Waals surface area contributed by atoms with Crippen LogP contribution in [0.15, 0.2) is 47.7 Å². The van der Waals surface area contributed by atoms with Crippen molar-refractivity contribution in [3.8, 4) is 5.69 Å². The molecule has 1 aromatic carbocycles. The van der Waals surface area contributed by atoms with Crippen LogP contribution in [0.25, 0.3) is 11.8 Å². The number of carbonyl (C=O) groups excluding carboxylic acids is 1. The summed E-state index contributed by atoms with van der Waals surface area (Å²) < 4.78 is 56.9. The Labute approximate surface area is 195 Å². The van der Waals surface area contributed by atoms with Crippen LogP contribution in [0.4, 0.5) is 17.6 Å². The van der Waals surface area contributed by atoms with Crippen LogP contribution in [-0.2, 0) is 11.2 Å². The van der Waals surface area contributed by atoms with Gasteiger partial charge in [-0.25, -0.2) is 9.07 Å². The Morgan fingerprint density at radius 1 is 1.26 bits per heavy atom. The molecule has 3 aliphatic carbocycles. The van der Waals surface area contributed by atoms with Crippen LogP contribution in [0.3, 0.4) is 0 Å². The van der Waals surface area contributed by atoms with E-state index in [-0.39, 0.29) is 12.2 Å². The minimum atomic E-state index is -4.43. The molecule has 4 nitrogen and oxygen atoms in total. The third-order valence-corrected chi connectivity index (χ3v) is 7.82. The predicted molar refractivity (Wildman–Crippen MR) is 120 cm³/mol. The standard InChI is InChI=1S/C26H27F4N3O/c1-3-31-24(34)23-19-9-4-16-12-22-15(14-32-33(22)18-7-5-17(27)6-8-18)13-25(16,2)20(19)10-11-21(23)26(28,29)30/h5-8,10,12,14,19,21,23H,3-4,9,11,13H2,1-2H3,(H,31,34)/t19-,21+,23+,25-/m0/s1. The van der Waals surface area contributed by atoms with Gasteiger partial charge >= 0.3 is 6.18 Å². The van der Waals surface area contributed by atoms with Crippen LogP contribution in [0, 0.1) is 29.0 Å². The molecule has 4 atom stereocenters. The number of hydrogen-bond donors (Lipinski definition) is 1. The number of hydrogen-bond acceptors (Lipinski definition) is 2. The van der Waals surface area contributed by atoms with Gasteiger partial charge in [0.05, 0.1) is 29.4 Å². The van der Waals surface area contributed by atoms with E-state index in [0.717, 1.165) is 28.1 Å². The molecule has 0 unspecified atom stereocenters. The van der Waals surface area contributed by atoms with Crippen molar-refractivity contribution in [1.82, 2.24) is 15.1 Å². The molecule has 0 radical (unpaired) electrons. The predicted octanol–water partition coefficient (Wildman–Crippen LogP) is 5.63. The lowest BCUT2D eigenvalue weighted by Crippen LogP contribution is -2.50. The van der Waals surface area contributed by atoms with E-state index < -0.39 is 35.3 Å². The number of fused-ring (bicyclic) bond motifs is 4. The first-order valence-corrected chi connectivity index (χ1v) is 11.7. The number of allylic oxidation sites excluding steroid dienone is 3. The van der Waals surface area contributed by atoms with E-state index in [2.05, 4.69) is 23.4 Å². The highest BCUT2D eigenvalue weighted by Crippen LogP contribution is 2.58. The molecular formula is C26H27F4N3O. The van der Waals surface area contributed by atoms with Crippen molar-refractivity contribution in [3.63, 3.8) is 0 Å². The first-order valence-electron chi connectivity index (χ1n) is 11.7. The third kappa shape index (κ3) is 3.58. The maximum atomic E-state index is 13.9. The number of nitrogens with one attached hydrogen (secondary N) is 1. The Hall–Kier alpha value is -2.90.